The lowest BCUT2D eigenvalue weighted by molar-refractivity contribution is -0.139. The number of carboxylic acids is 1. The van der Waals surface area contributed by atoms with E-state index in [0.29, 0.717) is 5.75 Å². The minimum Gasteiger partial charge on any atom is -0.482 e. The number of aliphatic carboxylic acids is 1. The number of hydrogen-bond donors (Lipinski definition) is 1. The zero-order valence-electron chi connectivity index (χ0n) is 17.9. The molecule has 0 aliphatic heterocycles. The van der Waals surface area contributed by atoms with Crippen LogP contribution in [0.1, 0.15) is 22.3 Å². The summed E-state index contributed by atoms with van der Waals surface area (Å²) in [6, 6.07) is 15.3. The number of halogens is 6. The Kier molecular flexibility index (Phi) is 8.16. The molecule has 3 aromatic carbocycles. The molecule has 0 spiro atoms. The van der Waals surface area contributed by atoms with Gasteiger partial charge in [-0.1, -0.05) is 30.3 Å². The molecule has 0 radical (unpaired) electrons. The van der Waals surface area contributed by atoms with Crippen LogP contribution in [0.2, 0.25) is 0 Å². The fraction of sp³-hybridized carbons (Fsp3) is 0.160. The molecule has 3 aromatic rings. The number of thioether (sulfide) groups is 1. The van der Waals surface area contributed by atoms with Crippen LogP contribution in [-0.2, 0) is 17.1 Å². The molecule has 0 saturated heterocycles. The Balaban J connectivity index is 1.90. The van der Waals surface area contributed by atoms with Crippen LogP contribution in [0.15, 0.2) is 83.8 Å². The molecule has 0 aliphatic rings. The summed E-state index contributed by atoms with van der Waals surface area (Å²) >= 11 is 1.30. The largest absolute Gasteiger partial charge is 0.482 e. The smallest absolute Gasteiger partial charge is 0.416 e. The van der Waals surface area contributed by atoms with Gasteiger partial charge in [-0.3, -0.25) is 0 Å². The van der Waals surface area contributed by atoms with Gasteiger partial charge in [-0.2, -0.15) is 26.3 Å². The fourth-order valence-electron chi connectivity index (χ4n) is 3.13. The summed E-state index contributed by atoms with van der Waals surface area (Å²) in [5.41, 5.74) is -1.31. The number of ether oxygens (including phenoxy) is 1. The summed E-state index contributed by atoms with van der Waals surface area (Å²) in [5, 5.41) is 8.65. The summed E-state index contributed by atoms with van der Waals surface area (Å²) in [5.74, 6) is -0.525. The molecule has 0 bridgehead atoms. The van der Waals surface area contributed by atoms with Gasteiger partial charge in [0, 0.05) is 10.6 Å². The minimum atomic E-state index is -4.60. The van der Waals surface area contributed by atoms with Crippen LogP contribution in [0.3, 0.4) is 0 Å². The van der Waals surface area contributed by atoms with Gasteiger partial charge < -0.3 is 9.84 Å². The molecule has 0 unspecified atom stereocenters. The van der Waals surface area contributed by atoms with Crippen LogP contribution in [0, 0.1) is 0 Å². The fourth-order valence-corrected chi connectivity index (χ4v) is 3.90. The van der Waals surface area contributed by atoms with E-state index in [4.69, 9.17) is 9.84 Å². The second-order valence-corrected chi connectivity index (χ2v) is 8.33. The van der Waals surface area contributed by atoms with Crippen molar-refractivity contribution in [3.05, 3.63) is 101 Å². The molecule has 0 fully saturated rings. The van der Waals surface area contributed by atoms with E-state index in [0.717, 1.165) is 29.2 Å². The Hall–Kier alpha value is -3.40. The lowest BCUT2D eigenvalue weighted by atomic mass is 9.95. The van der Waals surface area contributed by atoms with Gasteiger partial charge in [0.05, 0.1) is 11.1 Å². The number of benzene rings is 3. The van der Waals surface area contributed by atoms with E-state index < -0.39 is 36.1 Å². The van der Waals surface area contributed by atoms with Crippen molar-refractivity contribution in [1.82, 2.24) is 0 Å². The van der Waals surface area contributed by atoms with Gasteiger partial charge in [-0.05, 0) is 65.2 Å². The van der Waals surface area contributed by atoms with Crippen molar-refractivity contribution >= 4 is 23.3 Å². The molecule has 0 aliphatic carbocycles. The van der Waals surface area contributed by atoms with Crippen LogP contribution >= 0.6 is 11.8 Å². The molecule has 3 nitrogen and oxygen atoms in total. The normalized spacial score (nSPS) is 11.7. The summed E-state index contributed by atoms with van der Waals surface area (Å²) < 4.78 is 84.5. The first kappa shape index (κ1) is 26.2. The van der Waals surface area contributed by atoms with E-state index in [1.807, 2.05) is 0 Å². The quantitative estimate of drug-likeness (QED) is 0.252. The van der Waals surface area contributed by atoms with Gasteiger partial charge in [0.25, 0.3) is 0 Å². The number of carbonyl (C=O) groups is 1. The highest BCUT2D eigenvalue weighted by molar-refractivity contribution is 7.99. The van der Waals surface area contributed by atoms with E-state index in [2.05, 4.69) is 0 Å². The summed E-state index contributed by atoms with van der Waals surface area (Å²) in [6.45, 7) is -0.493. The maximum absolute atomic E-state index is 13.2. The Morgan fingerprint density at radius 1 is 0.829 bits per heavy atom. The van der Waals surface area contributed by atoms with Crippen molar-refractivity contribution in [1.29, 1.82) is 0 Å². The minimum absolute atomic E-state index is 0.136. The molecule has 35 heavy (non-hydrogen) atoms. The van der Waals surface area contributed by atoms with Crippen molar-refractivity contribution in [2.45, 2.75) is 17.2 Å². The van der Waals surface area contributed by atoms with Gasteiger partial charge in [-0.25, -0.2) is 4.79 Å². The molecule has 1 N–H and O–H groups in total. The van der Waals surface area contributed by atoms with E-state index >= 15 is 0 Å². The van der Waals surface area contributed by atoms with Gasteiger partial charge in [-0.15, -0.1) is 11.8 Å². The first-order chi connectivity index (χ1) is 16.4. The maximum Gasteiger partial charge on any atom is 0.416 e. The molecular formula is C25H18F6O3S. The molecule has 3 rings (SSSR count). The average molecular weight is 512 g/mol. The lowest BCUT2D eigenvalue weighted by Gasteiger charge is -2.14. The van der Waals surface area contributed by atoms with Gasteiger partial charge in [0.2, 0.25) is 0 Å². The van der Waals surface area contributed by atoms with Crippen LogP contribution in [0.25, 0.3) is 5.57 Å². The predicted molar refractivity (Wildman–Crippen MR) is 120 cm³/mol. The van der Waals surface area contributed by atoms with E-state index in [9.17, 15) is 31.1 Å². The molecule has 184 valence electrons. The van der Waals surface area contributed by atoms with E-state index in [1.165, 1.54) is 36.0 Å². The van der Waals surface area contributed by atoms with Crippen molar-refractivity contribution in [3.63, 3.8) is 0 Å². The Morgan fingerprint density at radius 2 is 1.34 bits per heavy atom. The Bertz CT molecular complexity index is 1140. The summed E-state index contributed by atoms with van der Waals surface area (Å²) in [7, 11) is 0. The monoisotopic (exact) mass is 512 g/mol. The van der Waals surface area contributed by atoms with Gasteiger partial charge >= 0.3 is 18.3 Å². The SMILES string of the molecule is O=C(O)COc1ccc(SCC=C(c2cccc(C(F)(F)F)c2)c2cccc(C(F)(F)F)c2)cc1. The van der Waals surface area contributed by atoms with Crippen LogP contribution < -0.4 is 4.74 Å². The third-order valence-electron chi connectivity index (χ3n) is 4.73. The molecule has 0 aromatic heterocycles. The third kappa shape index (κ3) is 7.54. The Labute approximate surface area is 201 Å². The van der Waals surface area contributed by atoms with Crippen LogP contribution in [0.4, 0.5) is 26.3 Å². The maximum atomic E-state index is 13.2. The van der Waals surface area contributed by atoms with Gasteiger partial charge in [0.15, 0.2) is 6.61 Å². The first-order valence-electron chi connectivity index (χ1n) is 10.1. The first-order valence-corrected chi connectivity index (χ1v) is 11.0. The zero-order valence-corrected chi connectivity index (χ0v) is 18.7. The molecular weight excluding hydrogens is 494 g/mol. The Morgan fingerprint density at radius 3 is 1.80 bits per heavy atom. The highest BCUT2D eigenvalue weighted by atomic mass is 32.2. The molecule has 0 saturated carbocycles. The van der Waals surface area contributed by atoms with Crippen LogP contribution in [-0.4, -0.2) is 23.4 Å². The standard InChI is InChI=1S/C25H18F6O3S/c26-24(27,28)18-5-1-3-16(13-18)22(17-4-2-6-19(14-17)25(29,30)31)11-12-35-21-9-7-20(8-10-21)34-15-23(32)33/h1-11,13-14H,12,15H2,(H,32,33). The zero-order chi connectivity index (χ0) is 25.6. The highest BCUT2D eigenvalue weighted by Crippen LogP contribution is 2.35. The molecule has 0 heterocycles. The summed E-state index contributed by atoms with van der Waals surface area (Å²) in [6.07, 6.45) is -7.63. The second-order valence-electron chi connectivity index (χ2n) is 7.24. The van der Waals surface area contributed by atoms with E-state index in [1.54, 1.807) is 30.3 Å². The van der Waals surface area contributed by atoms with Crippen molar-refractivity contribution in [2.24, 2.45) is 0 Å². The van der Waals surface area contributed by atoms with Crippen molar-refractivity contribution in [3.8, 4) is 5.75 Å². The number of rotatable bonds is 8. The van der Waals surface area contributed by atoms with Crippen LogP contribution in [0.5, 0.6) is 5.75 Å². The predicted octanol–water partition coefficient (Wildman–Crippen LogP) is 7.41. The third-order valence-corrected chi connectivity index (χ3v) is 5.66. The number of carboxylic acid groups (broad SMARTS) is 1. The molecule has 0 amide bonds. The second kappa shape index (κ2) is 10.9. The summed E-state index contributed by atoms with van der Waals surface area (Å²) in [4.78, 5) is 11.3. The highest BCUT2D eigenvalue weighted by Gasteiger charge is 2.32. The molecule has 10 heteroatoms. The number of hydrogen-bond acceptors (Lipinski definition) is 3. The van der Waals surface area contributed by atoms with Crippen molar-refractivity contribution < 1.29 is 41.0 Å². The van der Waals surface area contributed by atoms with Crippen molar-refractivity contribution in [2.75, 3.05) is 12.4 Å². The van der Waals surface area contributed by atoms with Gasteiger partial charge in [0.1, 0.15) is 5.75 Å². The van der Waals surface area contributed by atoms with E-state index in [-0.39, 0.29) is 22.5 Å². The topological polar surface area (TPSA) is 46.5 Å². The average Bonchev–Trinajstić information content (AvgIpc) is 2.80. The lowest BCUT2D eigenvalue weighted by Crippen LogP contribution is -2.09. The molecule has 0 atom stereocenters. The number of alkyl halides is 6.